The molecule has 0 fully saturated rings. The van der Waals surface area contributed by atoms with Gasteiger partial charge < -0.3 is 10.6 Å². The number of rotatable bonds is 6. The van der Waals surface area contributed by atoms with Gasteiger partial charge in [-0.15, -0.1) is 0 Å². The summed E-state index contributed by atoms with van der Waals surface area (Å²) in [5, 5.41) is 11.0. The molecule has 6 nitrogen and oxygen atoms in total. The van der Waals surface area contributed by atoms with Gasteiger partial charge in [0.1, 0.15) is 11.6 Å². The first-order valence-electron chi connectivity index (χ1n) is 7.80. The number of hydrogen-bond donors (Lipinski definition) is 3. The number of aliphatic imine (C=N–C) groups is 1. The van der Waals surface area contributed by atoms with Crippen molar-refractivity contribution < 1.29 is 17.2 Å². The van der Waals surface area contributed by atoms with Crippen LogP contribution in [0.4, 0.5) is 8.78 Å². The second kappa shape index (κ2) is 8.72. The van der Waals surface area contributed by atoms with Gasteiger partial charge in [-0.3, -0.25) is 4.99 Å². The molecule has 2 rings (SSSR count). The van der Waals surface area contributed by atoms with E-state index in [4.69, 9.17) is 5.14 Å². The van der Waals surface area contributed by atoms with Crippen molar-refractivity contribution in [3.05, 3.63) is 65.2 Å². The van der Waals surface area contributed by atoms with Crippen molar-refractivity contribution in [2.24, 2.45) is 10.1 Å². The van der Waals surface area contributed by atoms with Gasteiger partial charge in [0.25, 0.3) is 0 Å². The molecule has 4 N–H and O–H groups in total. The summed E-state index contributed by atoms with van der Waals surface area (Å²) in [6, 6.07) is 9.53. The Morgan fingerprint density at radius 3 is 2.42 bits per heavy atom. The van der Waals surface area contributed by atoms with E-state index in [1.807, 2.05) is 0 Å². The van der Waals surface area contributed by atoms with Crippen LogP contribution in [0.5, 0.6) is 0 Å². The first-order chi connectivity index (χ1) is 12.3. The van der Waals surface area contributed by atoms with E-state index in [0.717, 1.165) is 23.8 Å². The van der Waals surface area contributed by atoms with Gasteiger partial charge in [-0.1, -0.05) is 12.1 Å². The summed E-state index contributed by atoms with van der Waals surface area (Å²) in [6.07, 6.45) is 0.611. The molecule has 0 bridgehead atoms. The SMILES string of the molecule is CN=C(NCCc1ccc(S(N)(=O)=O)cc1)NCc1cc(F)ccc1F. The van der Waals surface area contributed by atoms with Gasteiger partial charge in [0, 0.05) is 25.7 Å². The Hall–Kier alpha value is -2.52. The molecule has 140 valence electrons. The van der Waals surface area contributed by atoms with Crippen molar-refractivity contribution in [1.82, 2.24) is 10.6 Å². The van der Waals surface area contributed by atoms with Crippen LogP contribution in [0, 0.1) is 11.6 Å². The second-order valence-corrected chi connectivity index (χ2v) is 7.09. The van der Waals surface area contributed by atoms with Gasteiger partial charge in [0.05, 0.1) is 4.90 Å². The maximum Gasteiger partial charge on any atom is 0.238 e. The number of primary sulfonamides is 1. The number of nitrogens with one attached hydrogen (secondary N) is 2. The minimum atomic E-state index is -3.70. The quantitative estimate of drug-likeness (QED) is 0.521. The van der Waals surface area contributed by atoms with Crippen LogP contribution in [0.25, 0.3) is 0 Å². The van der Waals surface area contributed by atoms with E-state index < -0.39 is 21.7 Å². The monoisotopic (exact) mass is 382 g/mol. The van der Waals surface area contributed by atoms with E-state index in [1.165, 1.54) is 12.1 Å². The van der Waals surface area contributed by atoms with Crippen LogP contribution < -0.4 is 15.8 Å². The van der Waals surface area contributed by atoms with Crippen LogP contribution >= 0.6 is 0 Å². The Labute approximate surface area is 151 Å². The van der Waals surface area contributed by atoms with E-state index in [0.29, 0.717) is 18.9 Å². The van der Waals surface area contributed by atoms with E-state index in [2.05, 4.69) is 15.6 Å². The fourth-order valence-corrected chi connectivity index (χ4v) is 2.76. The van der Waals surface area contributed by atoms with E-state index in [1.54, 1.807) is 19.2 Å². The number of hydrogen-bond acceptors (Lipinski definition) is 3. The van der Waals surface area contributed by atoms with Crippen LogP contribution in [-0.2, 0) is 23.0 Å². The lowest BCUT2D eigenvalue weighted by molar-refractivity contribution is 0.581. The third kappa shape index (κ3) is 5.78. The Morgan fingerprint density at radius 2 is 1.81 bits per heavy atom. The number of benzene rings is 2. The smallest absolute Gasteiger partial charge is 0.238 e. The molecule has 0 saturated heterocycles. The molecule has 0 aliphatic rings. The Kier molecular flexibility index (Phi) is 6.64. The third-order valence-corrected chi connectivity index (χ3v) is 4.56. The zero-order valence-electron chi connectivity index (χ0n) is 14.2. The number of sulfonamides is 1. The van der Waals surface area contributed by atoms with E-state index in [-0.39, 0.29) is 17.0 Å². The molecule has 0 unspecified atom stereocenters. The predicted octanol–water partition coefficient (Wildman–Crippen LogP) is 1.52. The predicted molar refractivity (Wildman–Crippen MR) is 96.1 cm³/mol. The van der Waals surface area contributed by atoms with Crippen molar-refractivity contribution in [3.63, 3.8) is 0 Å². The van der Waals surface area contributed by atoms with Crippen LogP contribution in [0.3, 0.4) is 0 Å². The molecule has 2 aromatic rings. The number of nitrogens with zero attached hydrogens (tertiary/aromatic N) is 1. The molecule has 0 aromatic heterocycles. The lowest BCUT2D eigenvalue weighted by Gasteiger charge is -2.12. The minimum Gasteiger partial charge on any atom is -0.356 e. The molecule has 0 aliphatic heterocycles. The maximum atomic E-state index is 13.6. The second-order valence-electron chi connectivity index (χ2n) is 5.53. The lowest BCUT2D eigenvalue weighted by atomic mass is 10.1. The molecule has 9 heteroatoms. The van der Waals surface area contributed by atoms with Gasteiger partial charge in [-0.2, -0.15) is 0 Å². The molecular formula is C17H20F2N4O2S. The van der Waals surface area contributed by atoms with Crippen LogP contribution in [0.15, 0.2) is 52.4 Å². The standard InChI is InChI=1S/C17H20F2N4O2S/c1-21-17(23-11-13-10-14(18)4-7-16(13)19)22-9-8-12-2-5-15(6-3-12)26(20,24)25/h2-7,10H,8-9,11H2,1H3,(H2,20,24,25)(H2,21,22,23). The molecular weight excluding hydrogens is 362 g/mol. The number of guanidine groups is 1. The highest BCUT2D eigenvalue weighted by molar-refractivity contribution is 7.89. The molecule has 0 saturated carbocycles. The Morgan fingerprint density at radius 1 is 1.12 bits per heavy atom. The largest absolute Gasteiger partial charge is 0.356 e. The van der Waals surface area contributed by atoms with E-state index in [9.17, 15) is 17.2 Å². The summed E-state index contributed by atoms with van der Waals surface area (Å²) in [4.78, 5) is 4.07. The molecule has 0 atom stereocenters. The lowest BCUT2D eigenvalue weighted by Crippen LogP contribution is -2.38. The van der Waals surface area contributed by atoms with Crippen molar-refractivity contribution in [1.29, 1.82) is 0 Å². The van der Waals surface area contributed by atoms with Gasteiger partial charge in [-0.05, 0) is 42.3 Å². The Bertz CT molecular complexity index is 884. The molecule has 0 spiro atoms. The first kappa shape index (κ1) is 19.8. The van der Waals surface area contributed by atoms with Crippen molar-refractivity contribution in [3.8, 4) is 0 Å². The fraction of sp³-hybridized carbons (Fsp3) is 0.235. The summed E-state index contributed by atoms with van der Waals surface area (Å²) in [5.74, 6) is -0.562. The average Bonchev–Trinajstić information content (AvgIpc) is 2.60. The summed E-state index contributed by atoms with van der Waals surface area (Å²) in [6.45, 7) is 0.604. The minimum absolute atomic E-state index is 0.0591. The molecule has 0 amide bonds. The van der Waals surface area contributed by atoms with Crippen LogP contribution in [-0.4, -0.2) is 28.0 Å². The zero-order valence-corrected chi connectivity index (χ0v) is 15.0. The highest BCUT2D eigenvalue weighted by Gasteiger charge is 2.07. The highest BCUT2D eigenvalue weighted by Crippen LogP contribution is 2.10. The van der Waals surface area contributed by atoms with E-state index >= 15 is 0 Å². The first-order valence-corrected chi connectivity index (χ1v) is 9.34. The topological polar surface area (TPSA) is 96.6 Å². The van der Waals surface area contributed by atoms with Crippen LogP contribution in [0.2, 0.25) is 0 Å². The molecule has 0 aliphatic carbocycles. The number of nitrogens with two attached hydrogens (primary N) is 1. The summed E-state index contributed by atoms with van der Waals surface area (Å²) < 4.78 is 49.2. The molecule has 2 aromatic carbocycles. The van der Waals surface area contributed by atoms with Crippen molar-refractivity contribution in [2.45, 2.75) is 17.9 Å². The summed E-state index contributed by atoms with van der Waals surface area (Å²) >= 11 is 0. The third-order valence-electron chi connectivity index (χ3n) is 3.64. The normalized spacial score (nSPS) is 12.1. The summed E-state index contributed by atoms with van der Waals surface area (Å²) in [7, 11) is -2.13. The van der Waals surface area contributed by atoms with Gasteiger partial charge in [-0.25, -0.2) is 22.3 Å². The highest BCUT2D eigenvalue weighted by atomic mass is 32.2. The van der Waals surface area contributed by atoms with Crippen molar-refractivity contribution >= 4 is 16.0 Å². The summed E-state index contributed by atoms with van der Waals surface area (Å²) in [5.41, 5.74) is 1.11. The molecule has 26 heavy (non-hydrogen) atoms. The fourth-order valence-electron chi connectivity index (χ4n) is 2.25. The number of halogens is 2. The molecule has 0 radical (unpaired) electrons. The van der Waals surface area contributed by atoms with Crippen LogP contribution in [0.1, 0.15) is 11.1 Å². The van der Waals surface area contributed by atoms with Gasteiger partial charge in [0.2, 0.25) is 10.0 Å². The maximum absolute atomic E-state index is 13.6. The van der Waals surface area contributed by atoms with Gasteiger partial charge in [0.15, 0.2) is 5.96 Å². The average molecular weight is 382 g/mol. The Balaban J connectivity index is 1.84. The zero-order chi connectivity index (χ0) is 19.2. The van der Waals surface area contributed by atoms with Crippen molar-refractivity contribution in [2.75, 3.05) is 13.6 Å². The molecule has 0 heterocycles. The van der Waals surface area contributed by atoms with Gasteiger partial charge >= 0.3 is 0 Å².